The summed E-state index contributed by atoms with van der Waals surface area (Å²) in [4.78, 5) is 0. The van der Waals surface area contributed by atoms with E-state index in [1.807, 2.05) is 0 Å². The smallest absolute Gasteiger partial charge is 1.00 e. The monoisotopic (exact) mass is 590 g/mol. The molecule has 0 aromatic heterocycles. The molecule has 1 saturated carbocycles. The summed E-state index contributed by atoms with van der Waals surface area (Å²) < 4.78 is 0. The molecule has 1 fully saturated rings. The van der Waals surface area contributed by atoms with Crippen LogP contribution in [0.3, 0.4) is 0 Å². The van der Waals surface area contributed by atoms with Crippen molar-refractivity contribution < 1.29 is 50.7 Å². The fraction of sp³-hybridized carbons (Fsp3) is 0.167. The Morgan fingerprint density at radius 1 is 0.857 bits per heavy atom. The summed E-state index contributed by atoms with van der Waals surface area (Å²) in [5, 5.41) is 5.77. The van der Waals surface area contributed by atoms with Crippen molar-refractivity contribution in [3.63, 3.8) is 0 Å². The predicted octanol–water partition coefficient (Wildman–Crippen LogP) is -0.668. The number of halogens is 2. The molecular weight excluding hydrogens is 569 g/mol. The van der Waals surface area contributed by atoms with E-state index < -0.39 is 0 Å². The van der Waals surface area contributed by atoms with E-state index >= 15 is 0 Å². The minimum atomic E-state index is -0.359. The van der Waals surface area contributed by atoms with E-state index in [9.17, 15) is 0 Å². The van der Waals surface area contributed by atoms with Crippen LogP contribution in [-0.4, -0.2) is 5.66 Å². The van der Waals surface area contributed by atoms with E-state index in [1.165, 1.54) is 27.8 Å². The summed E-state index contributed by atoms with van der Waals surface area (Å²) in [6.07, 6.45) is 13.1. The summed E-state index contributed by atoms with van der Waals surface area (Å²) >= 11 is 0. The molecule has 0 saturated heterocycles. The summed E-state index contributed by atoms with van der Waals surface area (Å²) in [5.74, 6) is 1.31. The number of hydrogen-bond donors (Lipinski definition) is 0. The molecule has 5 rings (SSSR count). The summed E-state index contributed by atoms with van der Waals surface area (Å²) in [7, 11) is -0.359. The molecule has 0 nitrogen and oxygen atoms in total. The van der Waals surface area contributed by atoms with Crippen LogP contribution in [0, 0.1) is 18.3 Å². The van der Waals surface area contributed by atoms with Gasteiger partial charge in [0.1, 0.15) is 0 Å². The summed E-state index contributed by atoms with van der Waals surface area (Å²) in [5.41, 5.74) is 0.650. The first kappa shape index (κ1) is 23.7. The topological polar surface area (TPSA) is 0 Å². The Morgan fingerprint density at radius 3 is 2.32 bits per heavy atom. The molecule has 4 atom stereocenters. The van der Waals surface area contributed by atoms with Crippen LogP contribution in [0.15, 0.2) is 91.0 Å². The van der Waals surface area contributed by atoms with E-state index in [1.54, 1.807) is 0 Å². The minimum Gasteiger partial charge on any atom is -1.00 e. The fourth-order valence-electron chi connectivity index (χ4n) is 4.31. The molecule has 0 aliphatic heterocycles. The maximum Gasteiger partial charge on any atom is 4.00 e. The van der Waals surface area contributed by atoms with Gasteiger partial charge in [-0.3, -0.25) is 0 Å². The molecule has 0 spiro atoms. The van der Waals surface area contributed by atoms with Crippen LogP contribution < -0.4 is 35.4 Å². The first-order valence-corrected chi connectivity index (χ1v) is 10.5. The molecule has 0 radical (unpaired) electrons. The molecule has 3 aromatic carbocycles. The van der Waals surface area contributed by atoms with E-state index in [0.29, 0.717) is 17.5 Å². The van der Waals surface area contributed by atoms with Crippen molar-refractivity contribution in [3.8, 4) is 0 Å². The van der Waals surface area contributed by atoms with Crippen LogP contribution in [0.25, 0.3) is 10.8 Å². The van der Waals surface area contributed by atoms with Gasteiger partial charge in [0.2, 0.25) is 0 Å². The van der Waals surface area contributed by atoms with Crippen molar-refractivity contribution in [2.75, 3.05) is 0 Å². The van der Waals surface area contributed by atoms with Gasteiger partial charge < -0.3 is 31.2 Å². The fourth-order valence-corrected chi connectivity index (χ4v) is 7.25. The summed E-state index contributed by atoms with van der Waals surface area (Å²) in [6.45, 7) is 0. The molecule has 4 unspecified atom stereocenters. The van der Waals surface area contributed by atoms with Crippen molar-refractivity contribution in [1.29, 1.82) is 0 Å². The molecule has 140 valence electrons. The zero-order valence-corrected chi connectivity index (χ0v) is 21.4. The van der Waals surface area contributed by atoms with E-state index in [-0.39, 0.29) is 58.6 Å². The van der Waals surface area contributed by atoms with Gasteiger partial charge >= 0.3 is 25.8 Å². The molecule has 0 bridgehead atoms. The zero-order chi connectivity index (χ0) is 16.6. The van der Waals surface area contributed by atoms with E-state index in [4.69, 9.17) is 0 Å². The largest absolute Gasteiger partial charge is 4.00 e. The second kappa shape index (κ2) is 10.4. The molecule has 3 aromatic rings. The van der Waals surface area contributed by atoms with Gasteiger partial charge in [0.25, 0.3) is 0 Å². The second-order valence-electron chi connectivity index (χ2n) is 7.05. The van der Waals surface area contributed by atoms with Crippen LogP contribution in [0.1, 0.15) is 6.42 Å². The average molecular weight is 590 g/mol. The molecule has 0 N–H and O–H groups in total. The molecule has 28 heavy (non-hydrogen) atoms. The molecule has 0 heterocycles. The third kappa shape index (κ3) is 4.59. The maximum absolute atomic E-state index is 2.63. The molecule has 4 heteroatoms. The van der Waals surface area contributed by atoms with Crippen LogP contribution in [-0.2, 0) is 25.8 Å². The third-order valence-electron chi connectivity index (χ3n) is 5.50. The van der Waals surface area contributed by atoms with Crippen molar-refractivity contribution in [2.45, 2.75) is 12.1 Å². The number of rotatable bonds is 3. The number of fused-ring (bicyclic) bond motifs is 2. The first-order valence-electron chi connectivity index (χ1n) is 9.08. The Morgan fingerprint density at radius 2 is 1.57 bits per heavy atom. The first-order chi connectivity index (χ1) is 12.4. The van der Waals surface area contributed by atoms with Crippen LogP contribution in [0.2, 0.25) is 0 Å². The molecular formula is C24H21Cl2HfP. The zero-order valence-electron chi connectivity index (χ0n) is 15.4. The van der Waals surface area contributed by atoms with Gasteiger partial charge in [0.15, 0.2) is 0 Å². The van der Waals surface area contributed by atoms with Crippen molar-refractivity contribution in [2.24, 2.45) is 11.8 Å². The summed E-state index contributed by atoms with van der Waals surface area (Å²) in [6, 6.07) is 24.8. The maximum atomic E-state index is 2.63. The molecule has 0 amide bonds. The normalized spacial score (nSPS) is 23.2. The van der Waals surface area contributed by atoms with Gasteiger partial charge in [-0.05, 0) is 11.2 Å². The SMILES string of the molecule is C1=CC2[CH-]C(P(c3ccccc3)c3cc4ccccc4[cH-]3)CC2C=C1.[Cl-].[Cl-].[Hf+4]. The van der Waals surface area contributed by atoms with E-state index in [0.717, 1.165) is 0 Å². The van der Waals surface area contributed by atoms with Crippen molar-refractivity contribution in [1.82, 2.24) is 0 Å². The van der Waals surface area contributed by atoms with Gasteiger partial charge in [0, 0.05) is 0 Å². The van der Waals surface area contributed by atoms with Gasteiger partial charge in [-0.15, -0.1) is 58.0 Å². The average Bonchev–Trinajstić information content (AvgIpc) is 3.26. The van der Waals surface area contributed by atoms with E-state index in [2.05, 4.69) is 97.5 Å². The Balaban J connectivity index is 0.000000934. The van der Waals surface area contributed by atoms with Gasteiger partial charge in [0.05, 0.1) is 0 Å². The Hall–Kier alpha value is -0.590. The number of allylic oxidation sites excluding steroid dienone is 4. The van der Waals surface area contributed by atoms with Crippen LogP contribution in [0.4, 0.5) is 0 Å². The van der Waals surface area contributed by atoms with Crippen LogP contribution >= 0.6 is 7.92 Å². The van der Waals surface area contributed by atoms with Crippen molar-refractivity contribution in [3.05, 3.63) is 97.5 Å². The third-order valence-corrected chi connectivity index (χ3v) is 8.22. The number of hydrogen-bond acceptors (Lipinski definition) is 0. The Kier molecular flexibility index (Phi) is 8.83. The molecule has 2 aliphatic carbocycles. The number of benzene rings is 2. The van der Waals surface area contributed by atoms with Gasteiger partial charge in [-0.25, -0.2) is 0 Å². The predicted molar refractivity (Wildman–Crippen MR) is 110 cm³/mol. The second-order valence-corrected chi connectivity index (χ2v) is 9.49. The minimum absolute atomic E-state index is 0. The Labute approximate surface area is 200 Å². The molecule has 2 aliphatic rings. The quantitative estimate of drug-likeness (QED) is 0.216. The van der Waals surface area contributed by atoms with Gasteiger partial charge in [-0.1, -0.05) is 69.0 Å². The van der Waals surface area contributed by atoms with Crippen LogP contribution in [0.5, 0.6) is 0 Å². The van der Waals surface area contributed by atoms with Gasteiger partial charge in [-0.2, -0.15) is 6.07 Å². The Bertz CT molecular complexity index is 894. The standard InChI is InChI=1S/C24H21P.2ClH.Hf/c1-2-12-22(13-3-1)25(23-14-18-8-4-5-9-19(18)15-23)24-16-20-10-6-7-11-21(20)17-24;;;/h1-16,20-21,24H,17H2;2*1H;/q-2;;;+4/p-2. The van der Waals surface area contributed by atoms with Crippen molar-refractivity contribution >= 4 is 29.3 Å².